The van der Waals surface area contributed by atoms with Crippen molar-refractivity contribution < 1.29 is 9.21 Å². The second kappa shape index (κ2) is 6.59. The van der Waals surface area contributed by atoms with E-state index in [0.29, 0.717) is 11.3 Å². The van der Waals surface area contributed by atoms with Gasteiger partial charge in [0.15, 0.2) is 5.58 Å². The first-order chi connectivity index (χ1) is 10.9. The van der Waals surface area contributed by atoms with Crippen molar-refractivity contribution in [3.63, 3.8) is 0 Å². The molecule has 0 aliphatic carbocycles. The lowest BCUT2D eigenvalue weighted by molar-refractivity contribution is 0.102. The van der Waals surface area contributed by atoms with Crippen LogP contribution in [0.15, 0.2) is 60.3 Å². The number of nitrogens with one attached hydrogen (secondary N) is 2. The first-order valence-electron chi connectivity index (χ1n) is 6.48. The zero-order valence-corrected chi connectivity index (χ0v) is 16.2. The maximum absolute atomic E-state index is 12.4. The third-order valence-corrected chi connectivity index (χ3v) is 4.71. The smallest absolute Gasteiger partial charge is 0.261 e. The van der Waals surface area contributed by atoms with Crippen LogP contribution in [0.4, 0.5) is 5.69 Å². The van der Waals surface area contributed by atoms with Gasteiger partial charge in [0.1, 0.15) is 5.56 Å². The van der Waals surface area contributed by atoms with Crippen molar-refractivity contribution in [2.24, 2.45) is 0 Å². The molecule has 1 amide bonds. The molecule has 23 heavy (non-hydrogen) atoms. The minimum Gasteiger partial charge on any atom is -0.437 e. The van der Waals surface area contributed by atoms with Crippen LogP contribution in [0.2, 0.25) is 0 Å². The highest BCUT2D eigenvalue weighted by Crippen LogP contribution is 2.28. The van der Waals surface area contributed by atoms with E-state index in [1.807, 2.05) is 24.3 Å². The molecule has 2 aromatic carbocycles. The van der Waals surface area contributed by atoms with Gasteiger partial charge in [0.25, 0.3) is 5.91 Å². The number of anilines is 1. The quantitative estimate of drug-likeness (QED) is 0.491. The number of benzene rings is 2. The Morgan fingerprint density at radius 2 is 1.70 bits per heavy atom. The minimum absolute atomic E-state index is 0.172. The average molecular weight is 501 g/mol. The van der Waals surface area contributed by atoms with E-state index < -0.39 is 0 Å². The predicted octanol–water partition coefficient (Wildman–Crippen LogP) is 5.45. The van der Waals surface area contributed by atoms with Gasteiger partial charge in [-0.1, -0.05) is 31.9 Å². The van der Waals surface area contributed by atoms with E-state index in [4.69, 9.17) is 9.83 Å². The van der Waals surface area contributed by atoms with Gasteiger partial charge in [0.2, 0.25) is 5.55 Å². The van der Waals surface area contributed by atoms with Gasteiger partial charge in [-0.3, -0.25) is 10.2 Å². The summed E-state index contributed by atoms with van der Waals surface area (Å²) in [7, 11) is 0. The van der Waals surface area contributed by atoms with Gasteiger partial charge in [0.05, 0.1) is 4.47 Å². The summed E-state index contributed by atoms with van der Waals surface area (Å²) >= 11 is 10.1. The molecule has 0 fully saturated rings. The molecular weight excluding hydrogens is 492 g/mol. The number of amides is 1. The molecule has 3 rings (SSSR count). The summed E-state index contributed by atoms with van der Waals surface area (Å²) < 4.78 is 7.98. The van der Waals surface area contributed by atoms with Crippen LogP contribution < -0.4 is 10.9 Å². The highest BCUT2D eigenvalue weighted by molar-refractivity contribution is 9.11. The van der Waals surface area contributed by atoms with Crippen molar-refractivity contribution in [1.29, 1.82) is 5.41 Å². The van der Waals surface area contributed by atoms with Gasteiger partial charge >= 0.3 is 0 Å². The molecule has 0 aliphatic heterocycles. The highest BCUT2D eigenvalue weighted by atomic mass is 79.9. The molecule has 2 N–H and O–H groups in total. The lowest BCUT2D eigenvalue weighted by atomic mass is 10.1. The Bertz CT molecular complexity index is 965. The first kappa shape index (κ1) is 16.4. The van der Waals surface area contributed by atoms with Crippen molar-refractivity contribution in [2.75, 3.05) is 5.32 Å². The van der Waals surface area contributed by atoms with Crippen LogP contribution in [-0.4, -0.2) is 5.91 Å². The maximum Gasteiger partial charge on any atom is 0.261 e. The molecule has 3 aromatic rings. The maximum atomic E-state index is 12.4. The van der Waals surface area contributed by atoms with Gasteiger partial charge in [-0.15, -0.1) is 0 Å². The van der Waals surface area contributed by atoms with E-state index in [2.05, 4.69) is 53.1 Å². The van der Waals surface area contributed by atoms with Crippen LogP contribution >= 0.6 is 47.8 Å². The van der Waals surface area contributed by atoms with Gasteiger partial charge in [-0.05, 0) is 58.4 Å². The second-order valence-corrected chi connectivity index (χ2v) is 7.44. The van der Waals surface area contributed by atoms with Crippen molar-refractivity contribution in [3.05, 3.63) is 67.0 Å². The van der Waals surface area contributed by atoms with Crippen LogP contribution in [0.25, 0.3) is 11.0 Å². The minimum atomic E-state index is -0.390. The largest absolute Gasteiger partial charge is 0.437 e. The molecule has 0 radical (unpaired) electrons. The highest BCUT2D eigenvalue weighted by Gasteiger charge is 2.13. The van der Waals surface area contributed by atoms with E-state index >= 15 is 0 Å². The Balaban J connectivity index is 2.01. The number of hydrogen-bond acceptors (Lipinski definition) is 3. The fraction of sp³-hybridized carbons (Fsp3) is 0. The van der Waals surface area contributed by atoms with E-state index in [0.717, 1.165) is 18.8 Å². The van der Waals surface area contributed by atoms with Crippen LogP contribution in [0.3, 0.4) is 0 Å². The molecule has 1 aromatic heterocycles. The van der Waals surface area contributed by atoms with Crippen LogP contribution in [-0.2, 0) is 0 Å². The van der Waals surface area contributed by atoms with Gasteiger partial charge in [-0.2, -0.15) is 0 Å². The normalized spacial score (nSPS) is 10.7. The molecule has 7 heteroatoms. The molecular formula is C16H9Br3N2O2. The monoisotopic (exact) mass is 498 g/mol. The Morgan fingerprint density at radius 3 is 2.39 bits per heavy atom. The topological polar surface area (TPSA) is 66.1 Å². The number of hydrogen-bond donors (Lipinski definition) is 2. The summed E-state index contributed by atoms with van der Waals surface area (Å²) in [5.74, 6) is -0.390. The van der Waals surface area contributed by atoms with Crippen molar-refractivity contribution in [3.8, 4) is 0 Å². The average Bonchev–Trinajstić information content (AvgIpc) is 2.50. The first-order valence-corrected chi connectivity index (χ1v) is 8.86. The van der Waals surface area contributed by atoms with Crippen LogP contribution in [0.5, 0.6) is 0 Å². The van der Waals surface area contributed by atoms with E-state index in [1.165, 1.54) is 0 Å². The Morgan fingerprint density at radius 1 is 1.00 bits per heavy atom. The van der Waals surface area contributed by atoms with E-state index in [1.54, 1.807) is 18.2 Å². The summed E-state index contributed by atoms with van der Waals surface area (Å²) in [6.07, 6.45) is 0. The zero-order chi connectivity index (χ0) is 16.6. The molecule has 0 spiro atoms. The lowest BCUT2D eigenvalue weighted by Gasteiger charge is -2.07. The Labute approximate surface area is 156 Å². The molecule has 0 bridgehead atoms. The van der Waals surface area contributed by atoms with Crippen molar-refractivity contribution in [2.45, 2.75) is 0 Å². The predicted molar refractivity (Wildman–Crippen MR) is 99.6 cm³/mol. The summed E-state index contributed by atoms with van der Waals surface area (Å²) in [6.45, 7) is 0. The summed E-state index contributed by atoms with van der Waals surface area (Å²) in [5.41, 5.74) is 1.16. The van der Waals surface area contributed by atoms with Crippen molar-refractivity contribution >= 4 is 70.4 Å². The third-order valence-electron chi connectivity index (χ3n) is 3.13. The molecule has 116 valence electrons. The SMILES string of the molecule is N=c1oc2c(Br)cc(Br)cc2cc1C(=O)Nc1ccc(Br)cc1. The number of fused-ring (bicyclic) bond motifs is 1. The summed E-state index contributed by atoms with van der Waals surface area (Å²) in [6, 6.07) is 12.5. The molecule has 0 unspecified atom stereocenters. The van der Waals surface area contributed by atoms with Crippen LogP contribution in [0.1, 0.15) is 10.4 Å². The second-order valence-electron chi connectivity index (χ2n) is 4.76. The zero-order valence-electron chi connectivity index (χ0n) is 11.5. The number of halogens is 3. The summed E-state index contributed by atoms with van der Waals surface area (Å²) in [4.78, 5) is 12.4. The fourth-order valence-electron chi connectivity index (χ4n) is 2.07. The van der Waals surface area contributed by atoms with Gasteiger partial charge in [-0.25, -0.2) is 0 Å². The standard InChI is InChI=1S/C16H9Br3N2O2/c17-9-1-3-11(4-2-9)21-16(22)12-6-8-5-10(18)7-13(19)14(8)23-15(12)20/h1-7,20H,(H,21,22). The molecule has 4 nitrogen and oxygen atoms in total. The molecule has 1 heterocycles. The van der Waals surface area contributed by atoms with E-state index in [-0.39, 0.29) is 17.0 Å². The van der Waals surface area contributed by atoms with Gasteiger partial charge < -0.3 is 9.73 Å². The van der Waals surface area contributed by atoms with Gasteiger partial charge in [0, 0.05) is 20.0 Å². The molecule has 0 saturated carbocycles. The van der Waals surface area contributed by atoms with Crippen LogP contribution in [0, 0.1) is 5.41 Å². The van der Waals surface area contributed by atoms with Crippen molar-refractivity contribution in [1.82, 2.24) is 0 Å². The molecule has 0 atom stereocenters. The third kappa shape index (κ3) is 3.57. The fourth-order valence-corrected chi connectivity index (χ4v) is 3.68. The number of carbonyl (C=O) groups excluding carboxylic acids is 1. The Hall–Kier alpha value is -1.44. The molecule has 0 saturated heterocycles. The number of rotatable bonds is 2. The molecule has 0 aliphatic rings. The lowest BCUT2D eigenvalue weighted by Crippen LogP contribution is -2.20. The number of carbonyl (C=O) groups is 1. The van der Waals surface area contributed by atoms with E-state index in [9.17, 15) is 4.79 Å². The summed E-state index contributed by atoms with van der Waals surface area (Å²) in [5, 5.41) is 11.4. The Kier molecular flexibility index (Phi) is 4.70.